The van der Waals surface area contributed by atoms with Crippen LogP contribution in [0.2, 0.25) is 5.02 Å². The van der Waals surface area contributed by atoms with Crippen molar-refractivity contribution in [2.75, 3.05) is 6.61 Å². The molecule has 0 aliphatic rings. The molecule has 1 heterocycles. The zero-order valence-electron chi connectivity index (χ0n) is 15.6. The molecular weight excluding hydrogens is 388 g/mol. The molecular formula is C24H17ClO4. The van der Waals surface area contributed by atoms with Gasteiger partial charge < -0.3 is 9.15 Å². The molecule has 0 spiro atoms. The van der Waals surface area contributed by atoms with Crippen molar-refractivity contribution in [3.63, 3.8) is 0 Å². The minimum atomic E-state index is -0.314. The number of para-hydroxylation sites is 1. The van der Waals surface area contributed by atoms with Gasteiger partial charge in [0.05, 0.1) is 5.39 Å². The minimum absolute atomic E-state index is 0.0230. The van der Waals surface area contributed by atoms with Crippen molar-refractivity contribution in [2.24, 2.45) is 0 Å². The van der Waals surface area contributed by atoms with Gasteiger partial charge in [-0.15, -0.1) is 0 Å². The van der Waals surface area contributed by atoms with Crippen LogP contribution in [0.1, 0.15) is 15.9 Å². The highest BCUT2D eigenvalue weighted by Gasteiger charge is 2.19. The largest absolute Gasteiger partial charge is 0.478 e. The Labute approximate surface area is 172 Å². The third-order valence-electron chi connectivity index (χ3n) is 4.58. The first kappa shape index (κ1) is 19.0. The van der Waals surface area contributed by atoms with E-state index >= 15 is 0 Å². The molecule has 0 radical (unpaired) electrons. The summed E-state index contributed by atoms with van der Waals surface area (Å²) in [5, 5.41) is 0.941. The molecule has 0 saturated heterocycles. The van der Waals surface area contributed by atoms with Crippen molar-refractivity contribution >= 4 is 28.4 Å². The fourth-order valence-electron chi connectivity index (χ4n) is 3.01. The molecule has 29 heavy (non-hydrogen) atoms. The van der Waals surface area contributed by atoms with Gasteiger partial charge in [0.1, 0.15) is 5.58 Å². The molecule has 5 heteroatoms. The van der Waals surface area contributed by atoms with Crippen LogP contribution in [0.15, 0.2) is 82.0 Å². The van der Waals surface area contributed by atoms with Gasteiger partial charge in [0, 0.05) is 16.1 Å². The highest BCUT2D eigenvalue weighted by molar-refractivity contribution is 6.30. The molecule has 4 nitrogen and oxygen atoms in total. The summed E-state index contributed by atoms with van der Waals surface area (Å²) < 4.78 is 11.7. The van der Waals surface area contributed by atoms with Gasteiger partial charge in [-0.1, -0.05) is 53.6 Å². The van der Waals surface area contributed by atoms with Crippen LogP contribution in [-0.4, -0.2) is 12.4 Å². The van der Waals surface area contributed by atoms with E-state index in [1.165, 1.54) is 0 Å². The number of carbonyl (C=O) groups excluding carboxylic acids is 1. The average Bonchev–Trinajstić information content (AvgIpc) is 2.74. The third kappa shape index (κ3) is 3.93. The Bertz CT molecular complexity index is 1240. The highest BCUT2D eigenvalue weighted by Crippen LogP contribution is 2.31. The number of benzene rings is 3. The first-order valence-electron chi connectivity index (χ1n) is 9.07. The van der Waals surface area contributed by atoms with Gasteiger partial charge >= 0.3 is 0 Å². The van der Waals surface area contributed by atoms with E-state index in [2.05, 4.69) is 0 Å². The number of ketones is 1. The van der Waals surface area contributed by atoms with Crippen LogP contribution in [0, 0.1) is 6.92 Å². The summed E-state index contributed by atoms with van der Waals surface area (Å²) in [5.74, 6) is 0.0663. The lowest BCUT2D eigenvalue weighted by Gasteiger charge is -2.11. The summed E-state index contributed by atoms with van der Waals surface area (Å²) in [6.07, 6.45) is 0. The number of fused-ring (bicyclic) bond motifs is 1. The Morgan fingerprint density at radius 1 is 0.966 bits per heavy atom. The van der Waals surface area contributed by atoms with Gasteiger partial charge in [-0.25, -0.2) is 0 Å². The fourth-order valence-corrected chi connectivity index (χ4v) is 3.13. The average molecular weight is 405 g/mol. The van der Waals surface area contributed by atoms with Gasteiger partial charge in [0.15, 0.2) is 18.2 Å². The molecule has 4 aromatic rings. The summed E-state index contributed by atoms with van der Waals surface area (Å²) in [5.41, 5.74) is 2.39. The normalized spacial score (nSPS) is 10.8. The van der Waals surface area contributed by atoms with E-state index in [1.807, 2.05) is 31.2 Å². The zero-order valence-corrected chi connectivity index (χ0v) is 16.4. The molecule has 4 rings (SSSR count). The first-order chi connectivity index (χ1) is 14.0. The number of aryl methyl sites for hydroxylation is 1. The number of halogens is 1. The summed E-state index contributed by atoms with van der Waals surface area (Å²) in [4.78, 5) is 25.6. The fraction of sp³-hybridized carbons (Fsp3) is 0.0833. The molecule has 0 atom stereocenters. The molecule has 0 saturated carbocycles. The van der Waals surface area contributed by atoms with E-state index in [0.29, 0.717) is 32.9 Å². The molecule has 1 aromatic heterocycles. The second-order valence-electron chi connectivity index (χ2n) is 6.67. The molecule has 0 N–H and O–H groups in total. The topological polar surface area (TPSA) is 56.5 Å². The van der Waals surface area contributed by atoms with E-state index in [4.69, 9.17) is 20.8 Å². The SMILES string of the molecule is Cc1ccc(-c2oc3ccccc3c(=O)c2OCC(=O)c2ccc(Cl)cc2)cc1. The number of Topliss-reactive ketones (excluding diaryl/α,β-unsaturated/α-hetero) is 1. The summed E-state index contributed by atoms with van der Waals surface area (Å²) in [6.45, 7) is 1.69. The summed E-state index contributed by atoms with van der Waals surface area (Å²) in [6, 6.07) is 21.0. The quantitative estimate of drug-likeness (QED) is 0.401. The monoisotopic (exact) mass is 404 g/mol. The zero-order chi connectivity index (χ0) is 20.4. The van der Waals surface area contributed by atoms with Crippen LogP contribution in [0.25, 0.3) is 22.3 Å². The van der Waals surface area contributed by atoms with E-state index in [-0.39, 0.29) is 23.6 Å². The molecule has 0 amide bonds. The van der Waals surface area contributed by atoms with Crippen LogP contribution >= 0.6 is 11.6 Å². The van der Waals surface area contributed by atoms with Crippen LogP contribution in [0.3, 0.4) is 0 Å². The molecule has 144 valence electrons. The van der Waals surface area contributed by atoms with E-state index < -0.39 is 0 Å². The number of hydrogen-bond donors (Lipinski definition) is 0. The second-order valence-corrected chi connectivity index (χ2v) is 7.11. The lowest BCUT2D eigenvalue weighted by atomic mass is 10.1. The van der Waals surface area contributed by atoms with Crippen LogP contribution in [-0.2, 0) is 0 Å². The van der Waals surface area contributed by atoms with Crippen molar-refractivity contribution in [1.29, 1.82) is 0 Å². The number of ether oxygens (including phenoxy) is 1. The van der Waals surface area contributed by atoms with Crippen LogP contribution < -0.4 is 10.2 Å². The summed E-state index contributed by atoms with van der Waals surface area (Å²) in [7, 11) is 0. The second kappa shape index (κ2) is 7.94. The van der Waals surface area contributed by atoms with Crippen LogP contribution in [0.5, 0.6) is 5.75 Å². The predicted molar refractivity (Wildman–Crippen MR) is 114 cm³/mol. The van der Waals surface area contributed by atoms with Crippen molar-refractivity contribution in [3.8, 4) is 17.1 Å². The maximum absolute atomic E-state index is 13.1. The van der Waals surface area contributed by atoms with Crippen molar-refractivity contribution in [1.82, 2.24) is 0 Å². The molecule has 0 bridgehead atoms. The number of carbonyl (C=O) groups is 1. The molecule has 0 aliphatic heterocycles. The van der Waals surface area contributed by atoms with Crippen molar-refractivity contribution < 1.29 is 13.9 Å². The lowest BCUT2D eigenvalue weighted by Crippen LogP contribution is -2.17. The van der Waals surface area contributed by atoms with Gasteiger partial charge in [-0.05, 0) is 43.3 Å². The standard InChI is InChI=1S/C24H17ClO4/c1-15-6-8-17(9-7-15)23-24(22(27)19-4-2-3-5-21(19)29-23)28-14-20(26)16-10-12-18(25)13-11-16/h2-13H,14H2,1H3. The smallest absolute Gasteiger partial charge is 0.235 e. The predicted octanol–water partition coefficient (Wildman–Crippen LogP) is 5.68. The Morgan fingerprint density at radius 2 is 1.66 bits per heavy atom. The van der Waals surface area contributed by atoms with Crippen molar-refractivity contribution in [3.05, 3.63) is 99.2 Å². The molecule has 0 aliphatic carbocycles. The van der Waals surface area contributed by atoms with Gasteiger partial charge in [-0.2, -0.15) is 0 Å². The first-order valence-corrected chi connectivity index (χ1v) is 9.45. The highest BCUT2D eigenvalue weighted by atomic mass is 35.5. The summed E-state index contributed by atoms with van der Waals surface area (Å²) >= 11 is 5.87. The molecule has 0 fully saturated rings. The van der Waals surface area contributed by atoms with E-state index in [1.54, 1.807) is 48.5 Å². The Morgan fingerprint density at radius 3 is 2.38 bits per heavy atom. The van der Waals surface area contributed by atoms with E-state index in [9.17, 15) is 9.59 Å². The maximum atomic E-state index is 13.1. The maximum Gasteiger partial charge on any atom is 0.235 e. The van der Waals surface area contributed by atoms with E-state index in [0.717, 1.165) is 5.56 Å². The number of rotatable bonds is 5. The van der Waals surface area contributed by atoms with Gasteiger partial charge in [-0.3, -0.25) is 9.59 Å². The van der Waals surface area contributed by atoms with Gasteiger partial charge in [0.25, 0.3) is 0 Å². The molecule has 3 aromatic carbocycles. The Kier molecular flexibility index (Phi) is 5.19. The Hall–Kier alpha value is -3.37. The lowest BCUT2D eigenvalue weighted by molar-refractivity contribution is 0.0920. The van der Waals surface area contributed by atoms with Crippen LogP contribution in [0.4, 0.5) is 0 Å². The number of hydrogen-bond acceptors (Lipinski definition) is 4. The Balaban J connectivity index is 1.75. The molecule has 0 unspecified atom stereocenters. The third-order valence-corrected chi connectivity index (χ3v) is 4.84. The van der Waals surface area contributed by atoms with Gasteiger partial charge in [0.2, 0.25) is 11.2 Å². The van der Waals surface area contributed by atoms with Crippen molar-refractivity contribution in [2.45, 2.75) is 6.92 Å². The minimum Gasteiger partial charge on any atom is -0.478 e.